The van der Waals surface area contributed by atoms with E-state index in [1.165, 1.54) is 0 Å². The van der Waals surface area contributed by atoms with E-state index < -0.39 is 0 Å². The molecule has 162 valence electrons. The molecule has 2 aromatic carbocycles. The normalized spacial score (nSPS) is 17.7. The van der Waals surface area contributed by atoms with Crippen molar-refractivity contribution >= 4 is 16.9 Å². The van der Waals surface area contributed by atoms with Gasteiger partial charge in [0.15, 0.2) is 11.5 Å². The molecule has 1 aromatic heterocycles. The van der Waals surface area contributed by atoms with Crippen molar-refractivity contribution in [2.45, 2.75) is 38.4 Å². The highest BCUT2D eigenvalue weighted by Crippen LogP contribution is 2.32. The molecule has 1 saturated heterocycles. The molecule has 2 N–H and O–H groups in total. The summed E-state index contributed by atoms with van der Waals surface area (Å²) in [6.45, 7) is 4.17. The number of ether oxygens (including phenoxy) is 2. The molecule has 0 saturated carbocycles. The number of likely N-dealkylation sites (tertiary alicyclic amines) is 1. The molecule has 1 amide bonds. The molecule has 8 nitrogen and oxygen atoms in total. The van der Waals surface area contributed by atoms with Crippen molar-refractivity contribution in [3.8, 4) is 11.5 Å². The van der Waals surface area contributed by atoms with Gasteiger partial charge in [0.2, 0.25) is 12.7 Å². The number of imidazole rings is 1. The molecule has 1 atom stereocenters. The Kier molecular flexibility index (Phi) is 5.15. The Bertz CT molecular complexity index is 1160. The molecule has 0 bridgehead atoms. The minimum atomic E-state index is -0.227. The highest BCUT2D eigenvalue weighted by atomic mass is 16.7. The molecule has 0 unspecified atom stereocenters. The molecule has 2 aliphatic heterocycles. The molecule has 0 radical (unpaired) electrons. The number of H-pyrrole nitrogens is 1. The minimum Gasteiger partial charge on any atom is -0.454 e. The van der Waals surface area contributed by atoms with Gasteiger partial charge in [0.1, 0.15) is 0 Å². The second-order valence-electron chi connectivity index (χ2n) is 8.17. The molecule has 2 aliphatic rings. The number of para-hydroxylation sites is 2. The lowest BCUT2D eigenvalue weighted by Gasteiger charge is -2.35. The van der Waals surface area contributed by atoms with E-state index in [1.807, 2.05) is 54.0 Å². The largest absolute Gasteiger partial charge is 0.454 e. The van der Waals surface area contributed by atoms with Crippen LogP contribution in [0, 0.1) is 0 Å². The molecule has 3 heterocycles. The quantitative estimate of drug-likeness (QED) is 0.659. The van der Waals surface area contributed by atoms with Gasteiger partial charge in [-0.25, -0.2) is 4.79 Å². The van der Waals surface area contributed by atoms with Crippen molar-refractivity contribution in [3.63, 3.8) is 0 Å². The fraction of sp³-hybridized carbons (Fsp3) is 0.391. The first-order chi connectivity index (χ1) is 15.1. The van der Waals surface area contributed by atoms with Crippen molar-refractivity contribution in [1.29, 1.82) is 0 Å². The van der Waals surface area contributed by atoms with Crippen LogP contribution in [0.25, 0.3) is 11.0 Å². The Labute approximate surface area is 179 Å². The van der Waals surface area contributed by atoms with E-state index in [1.54, 1.807) is 0 Å². The van der Waals surface area contributed by atoms with E-state index in [9.17, 15) is 9.59 Å². The van der Waals surface area contributed by atoms with Crippen molar-refractivity contribution < 1.29 is 14.3 Å². The number of rotatable bonds is 5. The number of hydrogen-bond acceptors (Lipinski definition) is 5. The number of fused-ring (bicyclic) bond motifs is 2. The number of piperidine rings is 1. The third-order valence-corrected chi connectivity index (χ3v) is 6.32. The van der Waals surface area contributed by atoms with Crippen molar-refractivity contribution in [3.05, 3.63) is 58.5 Å². The van der Waals surface area contributed by atoms with E-state index in [4.69, 9.17) is 9.47 Å². The number of aromatic amines is 1. The average Bonchev–Trinajstić information content (AvgIpc) is 3.40. The first-order valence-electron chi connectivity index (χ1n) is 10.7. The maximum atomic E-state index is 12.7. The lowest BCUT2D eigenvalue weighted by Crippen LogP contribution is -2.48. The zero-order chi connectivity index (χ0) is 21.4. The monoisotopic (exact) mass is 422 g/mol. The molecule has 1 fully saturated rings. The first-order valence-corrected chi connectivity index (χ1v) is 10.7. The zero-order valence-corrected chi connectivity index (χ0v) is 17.5. The number of amides is 1. The van der Waals surface area contributed by atoms with Gasteiger partial charge in [0.05, 0.1) is 17.1 Å². The first kappa shape index (κ1) is 19.7. The van der Waals surface area contributed by atoms with E-state index >= 15 is 0 Å². The Morgan fingerprint density at radius 3 is 2.77 bits per heavy atom. The molecular formula is C23H26N4O4. The lowest BCUT2D eigenvalue weighted by atomic mass is 10.0. The van der Waals surface area contributed by atoms with Crippen molar-refractivity contribution in [2.24, 2.45) is 0 Å². The fourth-order valence-electron chi connectivity index (χ4n) is 4.52. The number of carbonyl (C=O) groups excluding carboxylic acids is 1. The maximum Gasteiger partial charge on any atom is 0.326 e. The number of carbonyl (C=O) groups is 1. The summed E-state index contributed by atoms with van der Waals surface area (Å²) < 4.78 is 12.6. The van der Waals surface area contributed by atoms with E-state index in [0.29, 0.717) is 6.54 Å². The predicted octanol–water partition coefficient (Wildman–Crippen LogP) is 2.40. The SMILES string of the molecule is C[C@@H](C(=O)NCc1ccc2c(c1)OCO2)N1CCC(n2c(=O)[nH]c3ccccc32)CC1. The van der Waals surface area contributed by atoms with Crippen LogP contribution < -0.4 is 20.5 Å². The second kappa shape index (κ2) is 8.11. The molecule has 3 aromatic rings. The highest BCUT2D eigenvalue weighted by Gasteiger charge is 2.28. The smallest absolute Gasteiger partial charge is 0.326 e. The summed E-state index contributed by atoms with van der Waals surface area (Å²) in [7, 11) is 0. The number of nitrogens with one attached hydrogen (secondary N) is 2. The summed E-state index contributed by atoms with van der Waals surface area (Å²) in [4.78, 5) is 30.3. The fourth-order valence-corrected chi connectivity index (χ4v) is 4.52. The zero-order valence-electron chi connectivity index (χ0n) is 17.5. The van der Waals surface area contributed by atoms with Gasteiger partial charge in [-0.1, -0.05) is 18.2 Å². The van der Waals surface area contributed by atoms with E-state index in [2.05, 4.69) is 15.2 Å². The Hall–Kier alpha value is -3.26. The second-order valence-corrected chi connectivity index (χ2v) is 8.17. The summed E-state index contributed by atoms with van der Waals surface area (Å²) in [6.07, 6.45) is 1.67. The van der Waals surface area contributed by atoms with Crippen LogP contribution in [0.3, 0.4) is 0 Å². The summed E-state index contributed by atoms with van der Waals surface area (Å²) in [5.74, 6) is 1.45. The summed E-state index contributed by atoms with van der Waals surface area (Å²) in [5, 5.41) is 3.02. The highest BCUT2D eigenvalue weighted by molar-refractivity contribution is 5.81. The van der Waals surface area contributed by atoms with Crippen LogP contribution in [0.2, 0.25) is 0 Å². The van der Waals surface area contributed by atoms with Crippen LogP contribution in [-0.4, -0.2) is 46.3 Å². The van der Waals surface area contributed by atoms with Gasteiger partial charge in [0.25, 0.3) is 0 Å². The standard InChI is InChI=1S/C23H26N4O4/c1-15(22(28)24-13-16-6-7-20-21(12-16)31-14-30-20)26-10-8-17(9-11-26)27-19-5-3-2-4-18(19)25-23(27)29/h2-7,12,15,17H,8-11,13-14H2,1H3,(H,24,28)(H,25,29)/t15-/m0/s1. The van der Waals surface area contributed by atoms with Gasteiger partial charge in [-0.05, 0) is 49.6 Å². The number of hydrogen-bond donors (Lipinski definition) is 2. The van der Waals surface area contributed by atoms with Gasteiger partial charge < -0.3 is 19.8 Å². The van der Waals surface area contributed by atoms with Crippen molar-refractivity contribution in [1.82, 2.24) is 19.8 Å². The van der Waals surface area contributed by atoms with Crippen LogP contribution >= 0.6 is 0 Å². The third kappa shape index (κ3) is 3.79. The lowest BCUT2D eigenvalue weighted by molar-refractivity contribution is -0.126. The number of aromatic nitrogens is 2. The maximum absolute atomic E-state index is 12.7. The van der Waals surface area contributed by atoms with Gasteiger partial charge in [-0.15, -0.1) is 0 Å². The van der Waals surface area contributed by atoms with Crippen LogP contribution in [-0.2, 0) is 11.3 Å². The van der Waals surface area contributed by atoms with Gasteiger partial charge >= 0.3 is 5.69 Å². The Morgan fingerprint density at radius 2 is 1.94 bits per heavy atom. The summed E-state index contributed by atoms with van der Waals surface area (Å²) in [6, 6.07) is 13.4. The van der Waals surface area contributed by atoms with Gasteiger partial charge in [0, 0.05) is 25.7 Å². The number of benzene rings is 2. The Morgan fingerprint density at radius 1 is 1.16 bits per heavy atom. The summed E-state index contributed by atoms with van der Waals surface area (Å²) >= 11 is 0. The minimum absolute atomic E-state index is 0.000350. The molecular weight excluding hydrogens is 396 g/mol. The van der Waals surface area contributed by atoms with Crippen LogP contribution in [0.15, 0.2) is 47.3 Å². The summed E-state index contributed by atoms with van der Waals surface area (Å²) in [5.41, 5.74) is 2.73. The van der Waals surface area contributed by atoms with Crippen LogP contribution in [0.1, 0.15) is 31.4 Å². The Balaban J connectivity index is 1.18. The van der Waals surface area contributed by atoms with Crippen molar-refractivity contribution in [2.75, 3.05) is 19.9 Å². The molecule has 8 heteroatoms. The van der Waals surface area contributed by atoms with E-state index in [-0.39, 0.29) is 30.5 Å². The molecule has 31 heavy (non-hydrogen) atoms. The molecule has 0 aliphatic carbocycles. The predicted molar refractivity (Wildman–Crippen MR) is 116 cm³/mol. The average molecular weight is 422 g/mol. The van der Waals surface area contributed by atoms with Gasteiger partial charge in [-0.3, -0.25) is 14.3 Å². The van der Waals surface area contributed by atoms with E-state index in [0.717, 1.165) is 54.0 Å². The van der Waals surface area contributed by atoms with Crippen LogP contribution in [0.4, 0.5) is 0 Å². The van der Waals surface area contributed by atoms with Crippen LogP contribution in [0.5, 0.6) is 11.5 Å². The third-order valence-electron chi connectivity index (χ3n) is 6.32. The van der Waals surface area contributed by atoms with Gasteiger partial charge in [-0.2, -0.15) is 0 Å². The number of nitrogens with zero attached hydrogens (tertiary/aromatic N) is 2. The molecule has 5 rings (SSSR count). The molecule has 0 spiro atoms. The topological polar surface area (TPSA) is 88.6 Å².